The van der Waals surface area contributed by atoms with Gasteiger partial charge in [-0.1, -0.05) is 30.3 Å². The molecule has 1 fully saturated rings. The standard InChI is InChI=1S/C24H26N4O3S/c1-17-15-31-12-11-28(17)23-14-20(16-32(29,30)21-5-3-2-4-6-21)26-24(27-23)19-8-7-18-9-10-25-22(18)13-19/h2-10,13-14,17,25,29-30H,11-12,15-16H2,1H3/t17-/m0/s1. The van der Waals surface area contributed by atoms with Crippen molar-refractivity contribution in [1.29, 1.82) is 0 Å². The molecule has 0 aliphatic carbocycles. The first kappa shape index (κ1) is 21.0. The van der Waals surface area contributed by atoms with Crippen LogP contribution in [0.5, 0.6) is 0 Å². The highest BCUT2D eigenvalue weighted by Crippen LogP contribution is 2.50. The van der Waals surface area contributed by atoms with Gasteiger partial charge in [0, 0.05) is 29.9 Å². The van der Waals surface area contributed by atoms with Gasteiger partial charge in [0.2, 0.25) is 0 Å². The quantitative estimate of drug-likeness (QED) is 0.389. The van der Waals surface area contributed by atoms with Crippen molar-refractivity contribution in [2.45, 2.75) is 23.6 Å². The van der Waals surface area contributed by atoms with Crippen molar-refractivity contribution < 1.29 is 13.8 Å². The molecular formula is C24H26N4O3S. The summed E-state index contributed by atoms with van der Waals surface area (Å²) >= 11 is 0. The number of hydrogen-bond acceptors (Lipinski definition) is 6. The maximum absolute atomic E-state index is 10.9. The summed E-state index contributed by atoms with van der Waals surface area (Å²) in [5, 5.41) is 1.12. The third-order valence-electron chi connectivity index (χ3n) is 5.71. The maximum Gasteiger partial charge on any atom is 0.161 e. The summed E-state index contributed by atoms with van der Waals surface area (Å²) in [6.07, 6.45) is 1.90. The third kappa shape index (κ3) is 4.22. The Labute approximate surface area is 188 Å². The Morgan fingerprint density at radius 3 is 2.75 bits per heavy atom. The number of anilines is 1. The van der Waals surface area contributed by atoms with Crippen molar-refractivity contribution in [1.82, 2.24) is 15.0 Å². The SMILES string of the molecule is C[C@H]1COCCN1c1cc(CS(O)(O)c2ccccc2)nc(-c2ccc3cc[nH]c3c2)n1. The van der Waals surface area contributed by atoms with Crippen LogP contribution in [0, 0.1) is 0 Å². The van der Waals surface area contributed by atoms with E-state index in [-0.39, 0.29) is 11.8 Å². The van der Waals surface area contributed by atoms with Crippen LogP contribution in [-0.4, -0.2) is 49.9 Å². The highest BCUT2D eigenvalue weighted by Gasteiger charge is 2.24. The minimum absolute atomic E-state index is 0.0308. The summed E-state index contributed by atoms with van der Waals surface area (Å²) in [7, 11) is -3.04. The van der Waals surface area contributed by atoms with E-state index in [4.69, 9.17) is 14.7 Å². The second kappa shape index (κ2) is 8.55. The maximum atomic E-state index is 10.9. The van der Waals surface area contributed by atoms with Gasteiger partial charge in [0.25, 0.3) is 0 Å². The number of hydrogen-bond donors (Lipinski definition) is 3. The fraction of sp³-hybridized carbons (Fsp3) is 0.250. The number of morpholine rings is 1. The summed E-state index contributed by atoms with van der Waals surface area (Å²) in [4.78, 5) is 15.5. The molecule has 2 aromatic carbocycles. The second-order valence-electron chi connectivity index (χ2n) is 8.06. The highest BCUT2D eigenvalue weighted by atomic mass is 32.3. The number of fused-ring (bicyclic) bond motifs is 1. The first-order valence-electron chi connectivity index (χ1n) is 10.6. The van der Waals surface area contributed by atoms with Crippen LogP contribution in [0.3, 0.4) is 0 Å². The number of benzene rings is 2. The van der Waals surface area contributed by atoms with Crippen molar-refractivity contribution in [2.75, 3.05) is 24.7 Å². The largest absolute Gasteiger partial charge is 0.377 e. The van der Waals surface area contributed by atoms with Gasteiger partial charge in [0.05, 0.1) is 35.6 Å². The Hall–Kier alpha value is -2.91. The van der Waals surface area contributed by atoms with Crippen LogP contribution in [0.15, 0.2) is 71.8 Å². The van der Waals surface area contributed by atoms with E-state index in [9.17, 15) is 9.11 Å². The lowest BCUT2D eigenvalue weighted by molar-refractivity contribution is 0.0985. The molecular weight excluding hydrogens is 424 g/mol. The predicted molar refractivity (Wildman–Crippen MR) is 128 cm³/mol. The topological polar surface area (TPSA) is 94.5 Å². The Bertz CT molecular complexity index is 1230. The van der Waals surface area contributed by atoms with E-state index in [1.807, 2.05) is 42.6 Å². The third-order valence-corrected chi connectivity index (χ3v) is 7.44. The van der Waals surface area contributed by atoms with Gasteiger partial charge in [0.15, 0.2) is 5.82 Å². The average molecular weight is 451 g/mol. The molecule has 1 aliphatic heterocycles. The van der Waals surface area contributed by atoms with E-state index in [0.717, 1.165) is 28.8 Å². The van der Waals surface area contributed by atoms with Crippen LogP contribution in [-0.2, 0) is 10.5 Å². The van der Waals surface area contributed by atoms with E-state index >= 15 is 0 Å². The van der Waals surface area contributed by atoms with E-state index in [0.29, 0.717) is 29.6 Å². The zero-order valence-corrected chi connectivity index (χ0v) is 18.6. The number of rotatable bonds is 5. The highest BCUT2D eigenvalue weighted by molar-refractivity contribution is 8.23. The Kier molecular flexibility index (Phi) is 5.60. The van der Waals surface area contributed by atoms with Crippen LogP contribution >= 0.6 is 10.6 Å². The van der Waals surface area contributed by atoms with Crippen LogP contribution in [0.2, 0.25) is 0 Å². The summed E-state index contributed by atoms with van der Waals surface area (Å²) in [6, 6.07) is 19.1. The number of aromatic nitrogens is 3. The second-order valence-corrected chi connectivity index (χ2v) is 10.2. The molecule has 1 aliphatic rings. The lowest BCUT2D eigenvalue weighted by Gasteiger charge is -2.35. The van der Waals surface area contributed by atoms with Crippen LogP contribution in [0.4, 0.5) is 5.82 Å². The molecule has 3 N–H and O–H groups in total. The number of aromatic amines is 1. The van der Waals surface area contributed by atoms with E-state index < -0.39 is 10.6 Å². The van der Waals surface area contributed by atoms with E-state index in [1.165, 1.54) is 0 Å². The fourth-order valence-electron chi connectivity index (χ4n) is 4.02. The van der Waals surface area contributed by atoms with Gasteiger partial charge in [-0.25, -0.2) is 9.97 Å². The Morgan fingerprint density at radius 1 is 1.09 bits per heavy atom. The normalized spacial score (nSPS) is 17.6. The van der Waals surface area contributed by atoms with Gasteiger partial charge >= 0.3 is 0 Å². The molecule has 1 saturated heterocycles. The minimum atomic E-state index is -3.04. The van der Waals surface area contributed by atoms with Gasteiger partial charge in [-0.3, -0.25) is 9.11 Å². The molecule has 1 atom stereocenters. The van der Waals surface area contributed by atoms with E-state index in [1.54, 1.807) is 24.3 Å². The number of ether oxygens (including phenoxy) is 1. The molecule has 4 aromatic rings. The fourth-order valence-corrected chi connectivity index (χ4v) is 5.34. The lowest BCUT2D eigenvalue weighted by Crippen LogP contribution is -2.44. The molecule has 0 bridgehead atoms. The molecule has 2 aromatic heterocycles. The molecule has 0 spiro atoms. The van der Waals surface area contributed by atoms with Gasteiger partial charge < -0.3 is 14.6 Å². The first-order valence-corrected chi connectivity index (χ1v) is 12.3. The van der Waals surface area contributed by atoms with Gasteiger partial charge in [0.1, 0.15) is 5.82 Å². The molecule has 3 heterocycles. The molecule has 0 amide bonds. The average Bonchev–Trinajstić information content (AvgIpc) is 3.27. The number of H-pyrrole nitrogens is 1. The predicted octanol–water partition coefficient (Wildman–Crippen LogP) is 5.16. The molecule has 32 heavy (non-hydrogen) atoms. The summed E-state index contributed by atoms with van der Waals surface area (Å²) in [6.45, 7) is 4.08. The zero-order chi connectivity index (χ0) is 22.1. The molecule has 8 heteroatoms. The monoisotopic (exact) mass is 450 g/mol. The summed E-state index contributed by atoms with van der Waals surface area (Å²) < 4.78 is 27.4. The van der Waals surface area contributed by atoms with Crippen LogP contribution in [0.25, 0.3) is 22.3 Å². The first-order chi connectivity index (χ1) is 15.5. The van der Waals surface area contributed by atoms with Gasteiger partial charge in [-0.05, 0) is 36.6 Å². The Balaban J connectivity index is 1.57. The summed E-state index contributed by atoms with van der Waals surface area (Å²) in [5.41, 5.74) is 2.48. The minimum Gasteiger partial charge on any atom is -0.377 e. The number of nitrogens with zero attached hydrogens (tertiary/aromatic N) is 3. The molecule has 166 valence electrons. The van der Waals surface area contributed by atoms with Gasteiger partial charge in [-0.2, -0.15) is 10.6 Å². The number of nitrogens with one attached hydrogen (secondary N) is 1. The van der Waals surface area contributed by atoms with Crippen molar-refractivity contribution in [3.8, 4) is 11.4 Å². The van der Waals surface area contributed by atoms with E-state index in [2.05, 4.69) is 16.8 Å². The smallest absolute Gasteiger partial charge is 0.161 e. The van der Waals surface area contributed by atoms with Crippen molar-refractivity contribution in [3.05, 3.63) is 72.6 Å². The van der Waals surface area contributed by atoms with Crippen LogP contribution in [0.1, 0.15) is 12.6 Å². The van der Waals surface area contributed by atoms with Gasteiger partial charge in [-0.15, -0.1) is 0 Å². The Morgan fingerprint density at radius 2 is 1.94 bits per heavy atom. The van der Waals surface area contributed by atoms with Crippen molar-refractivity contribution >= 4 is 27.3 Å². The molecule has 0 saturated carbocycles. The zero-order valence-electron chi connectivity index (χ0n) is 17.8. The van der Waals surface area contributed by atoms with Crippen LogP contribution < -0.4 is 4.90 Å². The summed E-state index contributed by atoms with van der Waals surface area (Å²) in [5.74, 6) is 1.37. The lowest BCUT2D eigenvalue weighted by atomic mass is 10.1. The molecule has 7 nitrogen and oxygen atoms in total. The molecule has 0 unspecified atom stereocenters. The molecule has 0 radical (unpaired) electrons. The van der Waals surface area contributed by atoms with Crippen molar-refractivity contribution in [3.63, 3.8) is 0 Å². The van der Waals surface area contributed by atoms with Crippen molar-refractivity contribution in [2.24, 2.45) is 0 Å². The molecule has 5 rings (SSSR count).